The summed E-state index contributed by atoms with van der Waals surface area (Å²) in [5.41, 5.74) is 3.49. The highest BCUT2D eigenvalue weighted by molar-refractivity contribution is 5.94. The summed E-state index contributed by atoms with van der Waals surface area (Å²) in [6, 6.07) is 15.8. The normalized spacial score (nSPS) is 10.9. The first-order valence-corrected chi connectivity index (χ1v) is 9.91. The fourth-order valence-electron chi connectivity index (χ4n) is 3.68. The third-order valence-electron chi connectivity index (χ3n) is 5.25. The molecule has 0 bridgehead atoms. The summed E-state index contributed by atoms with van der Waals surface area (Å²) in [7, 11) is 0. The van der Waals surface area contributed by atoms with Gasteiger partial charge in [0.05, 0.1) is 16.6 Å². The Morgan fingerprint density at radius 2 is 1.74 bits per heavy atom. The van der Waals surface area contributed by atoms with Crippen LogP contribution in [0.25, 0.3) is 16.6 Å². The molecule has 2 aromatic heterocycles. The van der Waals surface area contributed by atoms with E-state index in [1.54, 1.807) is 43.3 Å². The monoisotopic (exact) mass is 414 g/mol. The molecule has 0 saturated heterocycles. The summed E-state index contributed by atoms with van der Waals surface area (Å²) in [5, 5.41) is 3.32. The van der Waals surface area contributed by atoms with Gasteiger partial charge in [-0.05, 0) is 68.8 Å². The van der Waals surface area contributed by atoms with Crippen LogP contribution in [0.15, 0.2) is 64.2 Å². The van der Waals surface area contributed by atoms with Gasteiger partial charge in [-0.25, -0.2) is 4.98 Å². The minimum absolute atomic E-state index is 0.134. The molecule has 31 heavy (non-hydrogen) atoms. The standard InChI is InChI=1S/C24H22N4O3/c1-14-12-15(2)26-23(30)20(14)13-25-22(29)17-8-10-18(11-9-17)28-16(3)27-21-7-5-4-6-19(21)24(28)31/h4-12H,13H2,1-3H3,(H,25,29)(H,26,30). The number of aryl methyl sites for hydroxylation is 3. The second-order valence-corrected chi connectivity index (χ2v) is 7.49. The third kappa shape index (κ3) is 3.90. The van der Waals surface area contributed by atoms with Gasteiger partial charge in [-0.1, -0.05) is 12.1 Å². The van der Waals surface area contributed by atoms with Gasteiger partial charge < -0.3 is 10.3 Å². The number of amides is 1. The van der Waals surface area contributed by atoms with Crippen LogP contribution in [0.5, 0.6) is 0 Å². The van der Waals surface area contributed by atoms with Crippen molar-refractivity contribution in [1.29, 1.82) is 0 Å². The van der Waals surface area contributed by atoms with Crippen LogP contribution in [0.1, 0.15) is 33.0 Å². The highest BCUT2D eigenvalue weighted by atomic mass is 16.2. The number of hydrogen-bond acceptors (Lipinski definition) is 4. The Balaban J connectivity index is 1.58. The maximum absolute atomic E-state index is 12.9. The van der Waals surface area contributed by atoms with Gasteiger partial charge in [0, 0.05) is 23.4 Å². The van der Waals surface area contributed by atoms with Crippen molar-refractivity contribution in [1.82, 2.24) is 19.9 Å². The maximum Gasteiger partial charge on any atom is 0.265 e. The number of aromatic amines is 1. The van der Waals surface area contributed by atoms with E-state index >= 15 is 0 Å². The van der Waals surface area contributed by atoms with E-state index in [1.165, 1.54) is 4.57 Å². The first-order chi connectivity index (χ1) is 14.8. The molecule has 2 aromatic carbocycles. The van der Waals surface area contributed by atoms with Gasteiger partial charge in [-0.2, -0.15) is 0 Å². The minimum Gasteiger partial charge on any atom is -0.348 e. The highest BCUT2D eigenvalue weighted by Gasteiger charge is 2.12. The Bertz CT molecular complexity index is 1420. The lowest BCUT2D eigenvalue weighted by atomic mass is 10.1. The van der Waals surface area contributed by atoms with Crippen LogP contribution >= 0.6 is 0 Å². The highest BCUT2D eigenvalue weighted by Crippen LogP contribution is 2.14. The van der Waals surface area contributed by atoms with Crippen LogP contribution in [0.2, 0.25) is 0 Å². The number of carbonyl (C=O) groups excluding carboxylic acids is 1. The third-order valence-corrected chi connectivity index (χ3v) is 5.25. The van der Waals surface area contributed by atoms with Crippen LogP contribution in [-0.2, 0) is 6.54 Å². The van der Waals surface area contributed by atoms with E-state index < -0.39 is 0 Å². The fraction of sp³-hybridized carbons (Fsp3) is 0.167. The van der Waals surface area contributed by atoms with Crippen molar-refractivity contribution >= 4 is 16.8 Å². The van der Waals surface area contributed by atoms with Gasteiger partial charge in [0.25, 0.3) is 17.0 Å². The predicted molar refractivity (Wildman–Crippen MR) is 120 cm³/mol. The molecule has 0 aliphatic heterocycles. The Morgan fingerprint density at radius 1 is 1.03 bits per heavy atom. The molecule has 7 heteroatoms. The van der Waals surface area contributed by atoms with E-state index in [-0.39, 0.29) is 23.6 Å². The van der Waals surface area contributed by atoms with E-state index in [9.17, 15) is 14.4 Å². The first-order valence-electron chi connectivity index (χ1n) is 9.91. The number of nitrogens with zero attached hydrogens (tertiary/aromatic N) is 2. The molecule has 4 aromatic rings. The molecule has 2 N–H and O–H groups in total. The van der Waals surface area contributed by atoms with E-state index in [2.05, 4.69) is 15.3 Å². The molecule has 4 rings (SSSR count). The molecule has 0 fully saturated rings. The zero-order valence-corrected chi connectivity index (χ0v) is 17.5. The molecule has 0 spiro atoms. The quantitative estimate of drug-likeness (QED) is 0.537. The average molecular weight is 414 g/mol. The summed E-state index contributed by atoms with van der Waals surface area (Å²) in [4.78, 5) is 44.9. The van der Waals surface area contributed by atoms with Crippen molar-refractivity contribution in [2.24, 2.45) is 0 Å². The van der Waals surface area contributed by atoms with Gasteiger partial charge >= 0.3 is 0 Å². The molecule has 0 radical (unpaired) electrons. The Labute approximate surface area is 178 Å². The van der Waals surface area contributed by atoms with Crippen molar-refractivity contribution in [2.45, 2.75) is 27.3 Å². The lowest BCUT2D eigenvalue weighted by Crippen LogP contribution is -2.28. The number of fused-ring (bicyclic) bond motifs is 1. The number of hydrogen-bond donors (Lipinski definition) is 2. The SMILES string of the molecule is Cc1cc(C)c(CNC(=O)c2ccc(-n3c(C)nc4ccccc4c3=O)cc2)c(=O)[nH]1. The number of para-hydroxylation sites is 1. The van der Waals surface area contributed by atoms with Crippen molar-refractivity contribution in [3.8, 4) is 5.69 Å². The second-order valence-electron chi connectivity index (χ2n) is 7.49. The number of aromatic nitrogens is 3. The van der Waals surface area contributed by atoms with Gasteiger partial charge in [-0.3, -0.25) is 19.0 Å². The van der Waals surface area contributed by atoms with E-state index in [0.29, 0.717) is 33.5 Å². The number of H-pyrrole nitrogens is 1. The van der Waals surface area contributed by atoms with Crippen LogP contribution in [-0.4, -0.2) is 20.4 Å². The summed E-state index contributed by atoms with van der Waals surface area (Å²) in [6.07, 6.45) is 0. The number of benzene rings is 2. The largest absolute Gasteiger partial charge is 0.348 e. The number of pyridine rings is 1. The Hall–Kier alpha value is -4.00. The van der Waals surface area contributed by atoms with Crippen LogP contribution < -0.4 is 16.4 Å². The van der Waals surface area contributed by atoms with Crippen molar-refractivity contribution in [3.05, 3.63) is 104 Å². The molecule has 0 atom stereocenters. The van der Waals surface area contributed by atoms with E-state index in [4.69, 9.17) is 0 Å². The Kier molecular flexibility index (Phi) is 5.25. The molecule has 0 aliphatic rings. The van der Waals surface area contributed by atoms with E-state index in [0.717, 1.165) is 11.3 Å². The molecular formula is C24H22N4O3. The van der Waals surface area contributed by atoms with Gasteiger partial charge in [0.2, 0.25) is 0 Å². The zero-order chi connectivity index (χ0) is 22.1. The average Bonchev–Trinajstić information content (AvgIpc) is 2.73. The fourth-order valence-corrected chi connectivity index (χ4v) is 3.68. The Morgan fingerprint density at radius 3 is 2.45 bits per heavy atom. The minimum atomic E-state index is -0.299. The molecule has 0 aliphatic carbocycles. The van der Waals surface area contributed by atoms with E-state index in [1.807, 2.05) is 32.0 Å². The van der Waals surface area contributed by atoms with Crippen molar-refractivity contribution in [3.63, 3.8) is 0 Å². The first kappa shape index (κ1) is 20.3. The predicted octanol–water partition coefficient (Wildman–Crippen LogP) is 2.93. The van der Waals surface area contributed by atoms with Crippen LogP contribution in [0, 0.1) is 20.8 Å². The summed E-state index contributed by atoms with van der Waals surface area (Å²) in [5.74, 6) is 0.265. The lowest BCUT2D eigenvalue weighted by molar-refractivity contribution is 0.0951. The summed E-state index contributed by atoms with van der Waals surface area (Å²) < 4.78 is 1.53. The molecule has 156 valence electrons. The van der Waals surface area contributed by atoms with Crippen molar-refractivity contribution in [2.75, 3.05) is 0 Å². The summed E-state index contributed by atoms with van der Waals surface area (Å²) >= 11 is 0. The molecule has 0 saturated carbocycles. The molecule has 2 heterocycles. The zero-order valence-electron chi connectivity index (χ0n) is 17.5. The second kappa shape index (κ2) is 8.02. The maximum atomic E-state index is 12.9. The smallest absolute Gasteiger partial charge is 0.265 e. The number of rotatable bonds is 4. The topological polar surface area (TPSA) is 96.8 Å². The van der Waals surface area contributed by atoms with Gasteiger partial charge in [0.1, 0.15) is 5.82 Å². The van der Waals surface area contributed by atoms with Crippen molar-refractivity contribution < 1.29 is 4.79 Å². The number of carbonyl (C=O) groups is 1. The van der Waals surface area contributed by atoms with Crippen LogP contribution in [0.4, 0.5) is 0 Å². The molecule has 0 unspecified atom stereocenters. The molecule has 7 nitrogen and oxygen atoms in total. The van der Waals surface area contributed by atoms with Gasteiger partial charge in [0.15, 0.2) is 0 Å². The summed E-state index contributed by atoms with van der Waals surface area (Å²) in [6.45, 7) is 5.57. The van der Waals surface area contributed by atoms with Gasteiger partial charge in [-0.15, -0.1) is 0 Å². The lowest BCUT2D eigenvalue weighted by Gasteiger charge is -2.12. The molecular weight excluding hydrogens is 392 g/mol. The molecule has 1 amide bonds. The number of nitrogens with one attached hydrogen (secondary N) is 2. The van der Waals surface area contributed by atoms with Crippen LogP contribution in [0.3, 0.4) is 0 Å².